The van der Waals surface area contributed by atoms with Crippen molar-refractivity contribution in [2.75, 3.05) is 13.1 Å². The number of hydrogen-bond acceptors (Lipinski definition) is 3. The molecule has 0 aromatic heterocycles. The molecule has 4 rings (SSSR count). The molecule has 6 heteroatoms. The van der Waals surface area contributed by atoms with Crippen LogP contribution in [0.4, 0.5) is 4.79 Å². The van der Waals surface area contributed by atoms with Crippen LogP contribution in [0.25, 0.3) is 0 Å². The van der Waals surface area contributed by atoms with E-state index in [9.17, 15) is 14.4 Å². The van der Waals surface area contributed by atoms with Crippen molar-refractivity contribution in [3.63, 3.8) is 0 Å². The van der Waals surface area contributed by atoms with Crippen molar-refractivity contribution >= 4 is 17.8 Å². The first-order valence-corrected chi connectivity index (χ1v) is 8.59. The first kappa shape index (κ1) is 15.2. The SMILES string of the molecule is CCN(C(=O)CN1C(=O)NC2(CCc3ccccc32)C1=O)C1CC1. The van der Waals surface area contributed by atoms with Gasteiger partial charge >= 0.3 is 6.03 Å². The maximum absolute atomic E-state index is 13.0. The molecule has 3 aliphatic rings. The minimum atomic E-state index is -0.982. The number of rotatable bonds is 4. The van der Waals surface area contributed by atoms with E-state index < -0.39 is 11.6 Å². The number of fused-ring (bicyclic) bond motifs is 2. The second-order valence-electron chi connectivity index (χ2n) is 6.79. The average Bonchev–Trinajstić information content (AvgIpc) is 3.30. The van der Waals surface area contributed by atoms with Gasteiger partial charge in [0.2, 0.25) is 5.91 Å². The van der Waals surface area contributed by atoms with Crippen LogP contribution in [0.5, 0.6) is 0 Å². The zero-order chi connectivity index (χ0) is 16.9. The number of nitrogens with zero attached hydrogens (tertiary/aromatic N) is 2. The molecule has 1 N–H and O–H groups in total. The van der Waals surface area contributed by atoms with Gasteiger partial charge in [-0.1, -0.05) is 24.3 Å². The lowest BCUT2D eigenvalue weighted by molar-refractivity contribution is -0.139. The number of amides is 4. The minimum absolute atomic E-state index is 0.146. The molecule has 1 saturated heterocycles. The number of imide groups is 1. The summed E-state index contributed by atoms with van der Waals surface area (Å²) in [4.78, 5) is 40.8. The Balaban J connectivity index is 1.58. The number of aryl methyl sites for hydroxylation is 1. The number of carbonyl (C=O) groups is 3. The lowest BCUT2D eigenvalue weighted by Gasteiger charge is -2.24. The summed E-state index contributed by atoms with van der Waals surface area (Å²) in [6.45, 7) is 2.37. The van der Waals surface area contributed by atoms with Gasteiger partial charge < -0.3 is 10.2 Å². The molecule has 2 fully saturated rings. The van der Waals surface area contributed by atoms with Crippen LogP contribution in [0.3, 0.4) is 0 Å². The van der Waals surface area contributed by atoms with Crippen LogP contribution in [0, 0.1) is 0 Å². The molecule has 24 heavy (non-hydrogen) atoms. The molecule has 1 aliphatic heterocycles. The molecule has 4 amide bonds. The van der Waals surface area contributed by atoms with Crippen LogP contribution >= 0.6 is 0 Å². The number of urea groups is 1. The molecule has 1 spiro atoms. The third-order valence-corrected chi connectivity index (χ3v) is 5.36. The summed E-state index contributed by atoms with van der Waals surface area (Å²) in [5.41, 5.74) is 0.977. The first-order valence-electron chi connectivity index (χ1n) is 8.59. The number of benzene rings is 1. The van der Waals surface area contributed by atoms with E-state index >= 15 is 0 Å². The van der Waals surface area contributed by atoms with Gasteiger partial charge in [-0.05, 0) is 43.7 Å². The smallest absolute Gasteiger partial charge is 0.325 e. The molecule has 2 aliphatic carbocycles. The van der Waals surface area contributed by atoms with Gasteiger partial charge in [0.05, 0.1) is 0 Å². The predicted molar refractivity (Wildman–Crippen MR) is 87.1 cm³/mol. The Labute approximate surface area is 140 Å². The van der Waals surface area contributed by atoms with E-state index in [1.54, 1.807) is 4.90 Å². The fraction of sp³-hybridized carbons (Fsp3) is 0.500. The Morgan fingerprint density at radius 3 is 2.79 bits per heavy atom. The van der Waals surface area contributed by atoms with E-state index in [1.165, 1.54) is 0 Å². The summed E-state index contributed by atoms with van der Waals surface area (Å²) in [6.07, 6.45) is 3.34. The number of hydrogen-bond donors (Lipinski definition) is 1. The molecular weight excluding hydrogens is 306 g/mol. The molecule has 126 valence electrons. The van der Waals surface area contributed by atoms with Gasteiger partial charge in [0.1, 0.15) is 12.1 Å². The van der Waals surface area contributed by atoms with Crippen LogP contribution in [-0.2, 0) is 21.5 Å². The van der Waals surface area contributed by atoms with Crippen molar-refractivity contribution in [1.29, 1.82) is 0 Å². The maximum Gasteiger partial charge on any atom is 0.325 e. The summed E-state index contributed by atoms with van der Waals surface area (Å²) in [5, 5.41) is 2.86. The molecule has 1 unspecified atom stereocenters. The number of nitrogens with one attached hydrogen (secondary N) is 1. The van der Waals surface area contributed by atoms with Crippen LogP contribution in [0.2, 0.25) is 0 Å². The van der Waals surface area contributed by atoms with Crippen molar-refractivity contribution in [3.8, 4) is 0 Å². The summed E-state index contributed by atoms with van der Waals surface area (Å²) in [5.74, 6) is -0.440. The molecule has 1 atom stereocenters. The minimum Gasteiger partial charge on any atom is -0.338 e. The van der Waals surface area contributed by atoms with Crippen LogP contribution in [0.1, 0.15) is 37.3 Å². The highest BCUT2D eigenvalue weighted by molar-refractivity contribution is 6.09. The van der Waals surface area contributed by atoms with E-state index in [-0.39, 0.29) is 24.4 Å². The largest absolute Gasteiger partial charge is 0.338 e. The zero-order valence-electron chi connectivity index (χ0n) is 13.7. The Morgan fingerprint density at radius 2 is 2.08 bits per heavy atom. The fourth-order valence-electron chi connectivity index (χ4n) is 3.98. The Morgan fingerprint density at radius 1 is 1.33 bits per heavy atom. The monoisotopic (exact) mass is 327 g/mol. The normalized spacial score (nSPS) is 25.1. The second-order valence-corrected chi connectivity index (χ2v) is 6.79. The van der Waals surface area contributed by atoms with E-state index in [2.05, 4.69) is 5.32 Å². The molecule has 1 saturated carbocycles. The fourth-order valence-corrected chi connectivity index (χ4v) is 3.98. The standard InChI is InChI=1S/C18H21N3O3/c1-2-20(13-7-8-13)15(22)11-21-16(23)18(19-17(21)24)10-9-12-5-3-4-6-14(12)18/h3-6,13H,2,7-11H2,1H3,(H,19,24). The summed E-state index contributed by atoms with van der Waals surface area (Å²) in [7, 11) is 0. The molecular formula is C18H21N3O3. The van der Waals surface area contributed by atoms with E-state index in [0.717, 1.165) is 35.3 Å². The molecule has 0 radical (unpaired) electrons. The van der Waals surface area contributed by atoms with Crippen LogP contribution in [-0.4, -0.2) is 46.8 Å². The highest BCUT2D eigenvalue weighted by Crippen LogP contribution is 2.41. The topological polar surface area (TPSA) is 69.7 Å². The average molecular weight is 327 g/mol. The number of likely N-dealkylation sites (N-methyl/N-ethyl adjacent to an activating group) is 1. The van der Waals surface area contributed by atoms with Gasteiger partial charge in [-0.2, -0.15) is 0 Å². The first-order chi connectivity index (χ1) is 11.6. The zero-order valence-corrected chi connectivity index (χ0v) is 13.7. The van der Waals surface area contributed by atoms with Gasteiger partial charge in [-0.3, -0.25) is 14.5 Å². The summed E-state index contributed by atoms with van der Waals surface area (Å²) >= 11 is 0. The van der Waals surface area contributed by atoms with Gasteiger partial charge in [0.25, 0.3) is 5.91 Å². The van der Waals surface area contributed by atoms with E-state index in [0.29, 0.717) is 13.0 Å². The van der Waals surface area contributed by atoms with Crippen molar-refractivity contribution in [1.82, 2.24) is 15.1 Å². The molecule has 1 aromatic rings. The quantitative estimate of drug-likeness (QED) is 0.850. The lowest BCUT2D eigenvalue weighted by Crippen LogP contribution is -2.45. The van der Waals surface area contributed by atoms with Gasteiger partial charge in [-0.15, -0.1) is 0 Å². The van der Waals surface area contributed by atoms with E-state index in [1.807, 2.05) is 31.2 Å². The third kappa shape index (κ3) is 2.12. The molecule has 6 nitrogen and oxygen atoms in total. The Hall–Kier alpha value is -2.37. The highest BCUT2D eigenvalue weighted by atomic mass is 16.2. The number of carbonyl (C=O) groups excluding carboxylic acids is 3. The Kier molecular flexibility index (Phi) is 3.37. The van der Waals surface area contributed by atoms with Crippen LogP contribution < -0.4 is 5.32 Å². The van der Waals surface area contributed by atoms with Crippen molar-refractivity contribution in [2.24, 2.45) is 0 Å². The third-order valence-electron chi connectivity index (χ3n) is 5.36. The second kappa shape index (κ2) is 5.33. The van der Waals surface area contributed by atoms with Gasteiger partial charge in [0, 0.05) is 12.6 Å². The maximum atomic E-state index is 13.0. The summed E-state index contributed by atoms with van der Waals surface area (Å²) < 4.78 is 0. The van der Waals surface area contributed by atoms with Crippen molar-refractivity contribution in [3.05, 3.63) is 35.4 Å². The lowest BCUT2D eigenvalue weighted by atomic mass is 9.92. The van der Waals surface area contributed by atoms with Gasteiger partial charge in [-0.25, -0.2) is 4.79 Å². The molecule has 0 bridgehead atoms. The van der Waals surface area contributed by atoms with Crippen molar-refractivity contribution < 1.29 is 14.4 Å². The predicted octanol–water partition coefficient (Wildman–Crippen LogP) is 1.39. The summed E-state index contributed by atoms with van der Waals surface area (Å²) in [6, 6.07) is 7.53. The van der Waals surface area contributed by atoms with Crippen molar-refractivity contribution in [2.45, 2.75) is 44.2 Å². The Bertz CT molecular complexity index is 728. The molecule has 1 aromatic carbocycles. The van der Waals surface area contributed by atoms with Crippen LogP contribution in [0.15, 0.2) is 24.3 Å². The van der Waals surface area contributed by atoms with Gasteiger partial charge in [0.15, 0.2) is 0 Å². The molecule has 1 heterocycles. The van der Waals surface area contributed by atoms with E-state index in [4.69, 9.17) is 0 Å². The highest BCUT2D eigenvalue weighted by Gasteiger charge is 2.55.